The molecule has 3 N–H and O–H groups in total. The molecule has 0 aliphatic heterocycles. The SMILES string of the molecule is CC1(C)C(=O)CC[C@]2(C)[C@@H]1C[C@@H](O)[C@@]13CC[C@@H](C[C@@H]21)[C@](O)(CO)C3. The second-order valence-electron chi connectivity index (χ2n) is 10.2. The van der Waals surface area contributed by atoms with E-state index in [1.54, 1.807) is 0 Å². The van der Waals surface area contributed by atoms with Gasteiger partial charge in [0.05, 0.1) is 18.3 Å². The molecule has 5 aliphatic rings. The van der Waals surface area contributed by atoms with Crippen LogP contribution in [0.15, 0.2) is 0 Å². The van der Waals surface area contributed by atoms with Gasteiger partial charge in [-0.05, 0) is 61.7 Å². The summed E-state index contributed by atoms with van der Waals surface area (Å²) in [7, 11) is 0. The van der Waals surface area contributed by atoms with Gasteiger partial charge in [-0.2, -0.15) is 0 Å². The molecule has 5 saturated carbocycles. The lowest BCUT2D eigenvalue weighted by molar-refractivity contribution is -0.272. The van der Waals surface area contributed by atoms with Gasteiger partial charge < -0.3 is 15.3 Å². The molecule has 4 heteroatoms. The highest BCUT2D eigenvalue weighted by atomic mass is 16.3. The summed E-state index contributed by atoms with van der Waals surface area (Å²) >= 11 is 0. The van der Waals surface area contributed by atoms with Gasteiger partial charge in [0.2, 0.25) is 0 Å². The van der Waals surface area contributed by atoms with Gasteiger partial charge in [0.25, 0.3) is 0 Å². The number of carbonyl (C=O) groups is 1. The number of hydrogen-bond donors (Lipinski definition) is 3. The maximum absolute atomic E-state index is 12.5. The summed E-state index contributed by atoms with van der Waals surface area (Å²) in [5.74, 6) is 1.01. The highest BCUT2D eigenvalue weighted by molar-refractivity contribution is 5.85. The Labute approximate surface area is 144 Å². The summed E-state index contributed by atoms with van der Waals surface area (Å²) in [4.78, 5) is 12.5. The minimum Gasteiger partial charge on any atom is -0.393 e. The molecule has 0 heterocycles. The molecule has 0 aromatic rings. The fraction of sp³-hybridized carbons (Fsp3) is 0.950. The standard InChI is InChI=1S/C20H32O4/c1-17(2)13-9-16(23)19-7-4-12(20(24,10-19)11-21)8-14(19)18(13,3)6-5-15(17)22/h12-14,16,21,23-24H,4-11H2,1-3H3/t12-,13+,14-,16+,18+,19+,20+/m0/s1. The van der Waals surface area contributed by atoms with Crippen molar-refractivity contribution in [1.82, 2.24) is 0 Å². The minimum absolute atomic E-state index is 0.0477. The molecule has 0 aromatic heterocycles. The molecule has 4 nitrogen and oxygen atoms in total. The smallest absolute Gasteiger partial charge is 0.138 e. The Morgan fingerprint density at radius 3 is 2.50 bits per heavy atom. The van der Waals surface area contributed by atoms with Crippen LogP contribution in [0.5, 0.6) is 0 Å². The number of aliphatic hydroxyl groups is 3. The van der Waals surface area contributed by atoms with Crippen LogP contribution < -0.4 is 0 Å². The number of Topliss-reactive ketones (excluding diaryl/α,β-unsaturated/α-hetero) is 1. The van der Waals surface area contributed by atoms with Crippen molar-refractivity contribution in [3.63, 3.8) is 0 Å². The van der Waals surface area contributed by atoms with Gasteiger partial charge in [0.15, 0.2) is 0 Å². The zero-order valence-corrected chi connectivity index (χ0v) is 15.2. The third kappa shape index (κ3) is 1.83. The van der Waals surface area contributed by atoms with Crippen molar-refractivity contribution in [2.24, 2.45) is 34.0 Å². The summed E-state index contributed by atoms with van der Waals surface area (Å²) in [6.45, 7) is 6.26. The molecular formula is C20H32O4. The third-order valence-corrected chi connectivity index (χ3v) is 9.04. The first-order valence-corrected chi connectivity index (χ1v) is 9.65. The lowest BCUT2D eigenvalue weighted by atomic mass is 9.35. The molecule has 0 unspecified atom stereocenters. The second kappa shape index (κ2) is 4.83. The fourth-order valence-corrected chi connectivity index (χ4v) is 7.63. The molecule has 0 radical (unpaired) electrons. The average molecular weight is 336 g/mol. The zero-order valence-electron chi connectivity index (χ0n) is 15.2. The van der Waals surface area contributed by atoms with E-state index in [1.165, 1.54) is 0 Å². The van der Waals surface area contributed by atoms with E-state index in [0.717, 1.165) is 25.7 Å². The number of hydrogen-bond acceptors (Lipinski definition) is 4. The van der Waals surface area contributed by atoms with Crippen LogP contribution in [0.4, 0.5) is 0 Å². The fourth-order valence-electron chi connectivity index (χ4n) is 7.63. The Hall–Kier alpha value is -0.450. The van der Waals surface area contributed by atoms with E-state index >= 15 is 0 Å². The van der Waals surface area contributed by atoms with Crippen LogP contribution in [0.25, 0.3) is 0 Å². The molecule has 7 atom stereocenters. The van der Waals surface area contributed by atoms with Gasteiger partial charge in [-0.15, -0.1) is 0 Å². The lowest BCUT2D eigenvalue weighted by Gasteiger charge is -2.70. The van der Waals surface area contributed by atoms with Crippen molar-refractivity contribution in [1.29, 1.82) is 0 Å². The van der Waals surface area contributed by atoms with Crippen molar-refractivity contribution in [2.75, 3.05) is 6.61 Å². The summed E-state index contributed by atoms with van der Waals surface area (Å²) in [6, 6.07) is 0. The normalized spacial score (nSPS) is 55.8. The van der Waals surface area contributed by atoms with E-state index in [0.29, 0.717) is 31.0 Å². The summed E-state index contributed by atoms with van der Waals surface area (Å²) in [5, 5.41) is 31.9. The van der Waals surface area contributed by atoms with Crippen molar-refractivity contribution < 1.29 is 20.1 Å². The Kier molecular flexibility index (Phi) is 3.42. The molecule has 5 fully saturated rings. The maximum Gasteiger partial charge on any atom is 0.138 e. The lowest BCUT2D eigenvalue weighted by Crippen LogP contribution is -2.70. The van der Waals surface area contributed by atoms with Crippen molar-refractivity contribution in [3.8, 4) is 0 Å². The highest BCUT2D eigenvalue weighted by Gasteiger charge is 2.70. The first kappa shape index (κ1) is 17.0. The Morgan fingerprint density at radius 1 is 1.12 bits per heavy atom. The third-order valence-electron chi connectivity index (χ3n) is 9.04. The predicted molar refractivity (Wildman–Crippen MR) is 90.2 cm³/mol. The number of carbonyl (C=O) groups excluding carboxylic acids is 1. The van der Waals surface area contributed by atoms with Crippen molar-refractivity contribution in [2.45, 2.75) is 77.4 Å². The predicted octanol–water partition coefficient (Wildman–Crippen LogP) is 2.29. The summed E-state index contributed by atoms with van der Waals surface area (Å²) in [5.41, 5.74) is -1.64. The molecule has 2 bridgehead atoms. The van der Waals surface area contributed by atoms with E-state index in [1.807, 2.05) is 0 Å². The van der Waals surface area contributed by atoms with E-state index in [4.69, 9.17) is 0 Å². The zero-order chi connectivity index (χ0) is 17.5. The van der Waals surface area contributed by atoms with Crippen LogP contribution in [0.2, 0.25) is 0 Å². The summed E-state index contributed by atoms with van der Waals surface area (Å²) in [6.07, 6.45) is 4.95. The average Bonchev–Trinajstić information content (AvgIpc) is 2.55. The Balaban J connectivity index is 1.78. The van der Waals surface area contributed by atoms with Gasteiger partial charge in [0, 0.05) is 17.3 Å². The Morgan fingerprint density at radius 2 is 1.83 bits per heavy atom. The van der Waals surface area contributed by atoms with E-state index in [-0.39, 0.29) is 34.7 Å². The number of fused-ring (bicyclic) bond motifs is 3. The molecular weight excluding hydrogens is 304 g/mol. The van der Waals surface area contributed by atoms with Crippen LogP contribution in [0, 0.1) is 34.0 Å². The van der Waals surface area contributed by atoms with Gasteiger partial charge in [-0.3, -0.25) is 4.79 Å². The quantitative estimate of drug-likeness (QED) is 0.686. The van der Waals surface area contributed by atoms with Crippen LogP contribution >= 0.6 is 0 Å². The van der Waals surface area contributed by atoms with Gasteiger partial charge in [-0.25, -0.2) is 0 Å². The number of ketones is 1. The monoisotopic (exact) mass is 336 g/mol. The van der Waals surface area contributed by atoms with E-state index < -0.39 is 11.7 Å². The summed E-state index contributed by atoms with van der Waals surface area (Å²) < 4.78 is 0. The first-order chi connectivity index (χ1) is 11.1. The molecule has 1 spiro atoms. The molecule has 0 saturated heterocycles. The first-order valence-electron chi connectivity index (χ1n) is 9.65. The van der Waals surface area contributed by atoms with Crippen LogP contribution in [-0.4, -0.2) is 39.4 Å². The Bertz CT molecular complexity index is 572. The highest BCUT2D eigenvalue weighted by Crippen LogP contribution is 2.72. The van der Waals surface area contributed by atoms with Crippen molar-refractivity contribution >= 4 is 5.78 Å². The molecule has 5 aliphatic carbocycles. The minimum atomic E-state index is -1.03. The van der Waals surface area contributed by atoms with Crippen LogP contribution in [-0.2, 0) is 4.79 Å². The van der Waals surface area contributed by atoms with Gasteiger partial charge >= 0.3 is 0 Å². The van der Waals surface area contributed by atoms with Crippen molar-refractivity contribution in [3.05, 3.63) is 0 Å². The molecule has 136 valence electrons. The van der Waals surface area contributed by atoms with Gasteiger partial charge in [0.1, 0.15) is 5.78 Å². The number of rotatable bonds is 1. The largest absolute Gasteiger partial charge is 0.393 e. The van der Waals surface area contributed by atoms with Crippen LogP contribution in [0.3, 0.4) is 0 Å². The number of aliphatic hydroxyl groups excluding tert-OH is 2. The van der Waals surface area contributed by atoms with Crippen LogP contribution in [0.1, 0.15) is 65.7 Å². The van der Waals surface area contributed by atoms with Gasteiger partial charge in [-0.1, -0.05) is 20.8 Å². The topological polar surface area (TPSA) is 77.8 Å². The molecule has 24 heavy (non-hydrogen) atoms. The molecule has 0 aromatic carbocycles. The molecule has 0 amide bonds. The molecule has 5 rings (SSSR count). The van der Waals surface area contributed by atoms with E-state index in [9.17, 15) is 20.1 Å². The maximum atomic E-state index is 12.5. The van der Waals surface area contributed by atoms with E-state index in [2.05, 4.69) is 20.8 Å². The second-order valence-corrected chi connectivity index (χ2v) is 10.2.